The fourth-order valence-corrected chi connectivity index (χ4v) is 3.82. The minimum absolute atomic E-state index is 0.0300. The van der Waals surface area contributed by atoms with Crippen molar-refractivity contribution in [2.24, 2.45) is 5.73 Å². The summed E-state index contributed by atoms with van der Waals surface area (Å²) in [6.45, 7) is -0.551. The summed E-state index contributed by atoms with van der Waals surface area (Å²) in [5.74, 6) is -5.74. The van der Waals surface area contributed by atoms with Crippen molar-refractivity contribution in [1.29, 1.82) is 0 Å². The zero-order chi connectivity index (χ0) is 22.2. The zero-order valence-electron chi connectivity index (χ0n) is 15.6. The molecule has 2 aromatic carbocycles. The first-order valence-corrected chi connectivity index (χ1v) is 9.38. The molecular weight excluding hydrogens is 466 g/mol. The van der Waals surface area contributed by atoms with Crippen LogP contribution in [0.2, 0.25) is 0 Å². The van der Waals surface area contributed by atoms with E-state index in [4.69, 9.17) is 10.5 Å². The van der Waals surface area contributed by atoms with Crippen molar-refractivity contribution >= 4 is 39.6 Å². The van der Waals surface area contributed by atoms with E-state index in [9.17, 15) is 28.0 Å². The minimum Gasteiger partial charge on any atom is -0.468 e. The molecular formula is C20H15BrF2N2O5. The Morgan fingerprint density at radius 1 is 1.17 bits per heavy atom. The number of hydrogen-bond acceptors (Lipinski definition) is 5. The molecule has 0 aromatic heterocycles. The van der Waals surface area contributed by atoms with E-state index < -0.39 is 53.7 Å². The van der Waals surface area contributed by atoms with Gasteiger partial charge in [0.05, 0.1) is 20.1 Å². The molecule has 0 saturated heterocycles. The van der Waals surface area contributed by atoms with Crippen molar-refractivity contribution in [1.82, 2.24) is 4.90 Å². The van der Waals surface area contributed by atoms with Gasteiger partial charge in [-0.2, -0.15) is 0 Å². The summed E-state index contributed by atoms with van der Waals surface area (Å²) in [5.41, 5.74) is 2.43. The molecule has 2 N–H and O–H groups in total. The lowest BCUT2D eigenvalue weighted by Gasteiger charge is -2.39. The summed E-state index contributed by atoms with van der Waals surface area (Å²) in [5, 5.41) is 0. The Bertz CT molecular complexity index is 1090. The van der Waals surface area contributed by atoms with Crippen molar-refractivity contribution in [2.45, 2.75) is 18.4 Å². The normalized spacial score (nSPS) is 18.2. The van der Waals surface area contributed by atoms with Crippen molar-refractivity contribution in [3.05, 3.63) is 69.2 Å². The van der Waals surface area contributed by atoms with Crippen LogP contribution in [0.25, 0.3) is 0 Å². The van der Waals surface area contributed by atoms with Crippen LogP contribution in [0.3, 0.4) is 0 Å². The van der Waals surface area contributed by atoms with Gasteiger partial charge in [0.1, 0.15) is 11.6 Å². The molecule has 0 fully saturated rings. The summed E-state index contributed by atoms with van der Waals surface area (Å²) >= 11 is 3.11. The van der Waals surface area contributed by atoms with Crippen LogP contribution >= 0.6 is 15.9 Å². The van der Waals surface area contributed by atoms with E-state index in [0.717, 1.165) is 31.4 Å². The van der Waals surface area contributed by atoms with Gasteiger partial charge in [-0.3, -0.25) is 24.1 Å². The molecule has 2 aromatic rings. The number of nitrogens with zero attached hydrogens (tertiary/aromatic N) is 1. The average molecular weight is 481 g/mol. The van der Waals surface area contributed by atoms with Crippen LogP contribution in [0, 0.1) is 11.6 Å². The third-order valence-electron chi connectivity index (χ3n) is 4.84. The molecule has 7 nitrogen and oxygen atoms in total. The van der Waals surface area contributed by atoms with Gasteiger partial charge in [0.25, 0.3) is 11.8 Å². The second-order valence-corrected chi connectivity index (χ2v) is 7.58. The number of benzene rings is 2. The number of methoxy groups -OCH3 is 1. The van der Waals surface area contributed by atoms with Crippen LogP contribution in [0.1, 0.15) is 27.9 Å². The summed E-state index contributed by atoms with van der Waals surface area (Å²) < 4.78 is 33.4. The van der Waals surface area contributed by atoms with Gasteiger partial charge in [0, 0.05) is 15.6 Å². The van der Waals surface area contributed by atoms with Gasteiger partial charge < -0.3 is 10.5 Å². The number of carbonyl (C=O) groups is 4. The highest BCUT2D eigenvalue weighted by molar-refractivity contribution is 9.10. The Labute approximate surface area is 177 Å². The quantitative estimate of drug-likeness (QED) is 0.401. The second kappa shape index (κ2) is 7.94. The van der Waals surface area contributed by atoms with Crippen LogP contribution in [-0.4, -0.2) is 35.7 Å². The van der Waals surface area contributed by atoms with Crippen molar-refractivity contribution in [2.75, 3.05) is 7.11 Å². The van der Waals surface area contributed by atoms with Crippen molar-refractivity contribution < 1.29 is 32.7 Å². The first kappa shape index (κ1) is 21.6. The Kier molecular flexibility index (Phi) is 5.71. The monoisotopic (exact) mass is 480 g/mol. The maximum atomic E-state index is 14.3. The van der Waals surface area contributed by atoms with Gasteiger partial charge in [0.15, 0.2) is 5.41 Å². The van der Waals surface area contributed by atoms with Crippen LogP contribution in [0.5, 0.6) is 0 Å². The van der Waals surface area contributed by atoms with Gasteiger partial charge in [0.2, 0.25) is 5.91 Å². The Balaban J connectivity index is 2.23. The number of esters is 1. The van der Waals surface area contributed by atoms with E-state index in [1.165, 1.54) is 12.1 Å². The second-order valence-electron chi connectivity index (χ2n) is 6.66. The molecule has 3 amide bonds. The molecule has 0 radical (unpaired) electrons. The first-order chi connectivity index (χ1) is 14.1. The van der Waals surface area contributed by atoms with E-state index in [1.807, 2.05) is 0 Å². The van der Waals surface area contributed by atoms with Gasteiger partial charge in [-0.15, -0.1) is 0 Å². The first-order valence-electron chi connectivity index (χ1n) is 8.58. The Hall–Kier alpha value is -3.14. The number of imide groups is 1. The summed E-state index contributed by atoms with van der Waals surface area (Å²) in [6, 6.07) is 6.84. The fourth-order valence-electron chi connectivity index (χ4n) is 3.49. The Morgan fingerprint density at radius 3 is 2.47 bits per heavy atom. The molecule has 10 heteroatoms. The molecule has 156 valence electrons. The van der Waals surface area contributed by atoms with E-state index in [0.29, 0.717) is 9.37 Å². The van der Waals surface area contributed by atoms with Crippen LogP contribution < -0.4 is 5.73 Å². The average Bonchev–Trinajstić information content (AvgIpc) is 2.69. The molecule has 30 heavy (non-hydrogen) atoms. The van der Waals surface area contributed by atoms with E-state index >= 15 is 0 Å². The molecule has 0 saturated carbocycles. The highest BCUT2D eigenvalue weighted by atomic mass is 79.9. The van der Waals surface area contributed by atoms with Gasteiger partial charge in [-0.25, -0.2) is 8.78 Å². The lowest BCUT2D eigenvalue weighted by Crippen LogP contribution is -2.59. The van der Waals surface area contributed by atoms with Crippen LogP contribution in [0.15, 0.2) is 40.9 Å². The van der Waals surface area contributed by atoms with E-state index in [-0.39, 0.29) is 16.7 Å². The number of amides is 3. The number of fused-ring (bicyclic) bond motifs is 1. The lowest BCUT2D eigenvalue weighted by atomic mass is 9.71. The molecule has 1 atom stereocenters. The van der Waals surface area contributed by atoms with Crippen LogP contribution in [-0.2, 0) is 31.1 Å². The standard InChI is InChI=1S/C20H15BrF2N2O5/c1-30-19(29)20(8-16(24)26)14-5-4-12(22)7-13(14)17(27)25(18(20)28)9-10-2-3-11(21)6-15(10)23/h2-7H,8-9H2,1H3,(H2,24,26). The maximum Gasteiger partial charge on any atom is 0.326 e. The van der Waals surface area contributed by atoms with Crippen molar-refractivity contribution in [3.8, 4) is 0 Å². The van der Waals surface area contributed by atoms with Crippen LogP contribution in [0.4, 0.5) is 8.78 Å². The molecule has 1 heterocycles. The molecule has 1 unspecified atom stereocenters. The predicted octanol–water partition coefficient (Wildman–Crippen LogP) is 2.20. The van der Waals surface area contributed by atoms with E-state index in [2.05, 4.69) is 15.9 Å². The molecule has 0 aliphatic carbocycles. The SMILES string of the molecule is COC(=O)C1(CC(N)=O)C(=O)N(Cc2ccc(Br)cc2F)C(=O)c2cc(F)ccc21. The lowest BCUT2D eigenvalue weighted by molar-refractivity contribution is -0.158. The minimum atomic E-state index is -2.30. The molecule has 3 rings (SSSR count). The molecule has 1 aliphatic rings. The van der Waals surface area contributed by atoms with E-state index in [1.54, 1.807) is 0 Å². The molecule has 1 aliphatic heterocycles. The number of primary amides is 1. The third-order valence-corrected chi connectivity index (χ3v) is 5.34. The zero-order valence-corrected chi connectivity index (χ0v) is 17.2. The maximum absolute atomic E-state index is 14.3. The summed E-state index contributed by atoms with van der Waals surface area (Å²) in [6.07, 6.45) is -0.816. The number of nitrogens with two attached hydrogens (primary N) is 1. The third kappa shape index (κ3) is 3.47. The highest BCUT2D eigenvalue weighted by Gasteiger charge is 2.57. The molecule has 0 spiro atoms. The molecule has 0 bridgehead atoms. The number of rotatable bonds is 5. The number of carbonyl (C=O) groups excluding carboxylic acids is 4. The fraction of sp³-hybridized carbons (Fsp3) is 0.200. The van der Waals surface area contributed by atoms with Gasteiger partial charge in [-0.1, -0.05) is 28.1 Å². The number of hydrogen-bond donors (Lipinski definition) is 1. The predicted molar refractivity (Wildman–Crippen MR) is 103 cm³/mol. The smallest absolute Gasteiger partial charge is 0.326 e. The largest absolute Gasteiger partial charge is 0.468 e. The van der Waals surface area contributed by atoms with Crippen molar-refractivity contribution in [3.63, 3.8) is 0 Å². The number of halogens is 3. The summed E-state index contributed by atoms with van der Waals surface area (Å²) in [4.78, 5) is 51.5. The Morgan fingerprint density at radius 2 is 1.87 bits per heavy atom. The highest BCUT2D eigenvalue weighted by Crippen LogP contribution is 2.40. The topological polar surface area (TPSA) is 107 Å². The summed E-state index contributed by atoms with van der Waals surface area (Å²) in [7, 11) is 0.997. The number of ether oxygens (including phenoxy) is 1. The van der Waals surface area contributed by atoms with Gasteiger partial charge >= 0.3 is 5.97 Å². The van der Waals surface area contributed by atoms with Gasteiger partial charge in [-0.05, 0) is 29.8 Å².